The summed E-state index contributed by atoms with van der Waals surface area (Å²) >= 11 is 2.09. The Morgan fingerprint density at radius 1 is 1.67 bits per heavy atom. The topological polar surface area (TPSA) is 14.1 Å². The molecule has 1 aliphatic rings. The molecule has 0 aromatic rings. The van der Waals surface area contributed by atoms with Crippen LogP contribution in [-0.4, -0.2) is 24.1 Å². The second kappa shape index (κ2) is 4.18. The van der Waals surface area contributed by atoms with Crippen molar-refractivity contribution >= 4 is 11.8 Å². The Labute approximate surface area is 61.6 Å². The Hall–Kier alpha value is 0.310. The van der Waals surface area contributed by atoms with Crippen LogP contribution >= 0.6 is 11.8 Å². The van der Waals surface area contributed by atoms with Crippen molar-refractivity contribution in [2.75, 3.05) is 18.8 Å². The lowest BCUT2D eigenvalue weighted by atomic mass is 10.4. The third-order valence-electron chi connectivity index (χ3n) is 1.50. The van der Waals surface area contributed by atoms with Crippen LogP contribution in [0, 0.1) is 0 Å². The average Bonchev–Trinajstić information content (AvgIpc) is 2.34. The molecule has 0 aromatic carbocycles. The van der Waals surface area contributed by atoms with Gasteiger partial charge in [-0.25, -0.2) is 5.32 Å². The minimum atomic E-state index is 0.866. The van der Waals surface area contributed by atoms with Gasteiger partial charge in [-0.3, -0.25) is 0 Å². The highest BCUT2D eigenvalue weighted by Crippen LogP contribution is 2.18. The maximum Gasteiger partial charge on any atom is 0.0253 e. The summed E-state index contributed by atoms with van der Waals surface area (Å²) in [4.78, 5) is 0. The predicted octanol–water partition coefficient (Wildman–Crippen LogP) is 1.51. The fraction of sp³-hybridized carbons (Fsp3) is 1.00. The summed E-state index contributed by atoms with van der Waals surface area (Å²) < 4.78 is 0. The average molecular weight is 144 g/mol. The molecule has 1 fully saturated rings. The van der Waals surface area contributed by atoms with Crippen LogP contribution < -0.4 is 5.32 Å². The first-order chi connectivity index (χ1) is 4.43. The summed E-state index contributed by atoms with van der Waals surface area (Å²) in [5, 5.41) is 5.16. The van der Waals surface area contributed by atoms with E-state index in [1.807, 2.05) is 0 Å². The van der Waals surface area contributed by atoms with Crippen LogP contribution in [0.1, 0.15) is 19.8 Å². The zero-order valence-corrected chi connectivity index (χ0v) is 6.78. The van der Waals surface area contributed by atoms with Gasteiger partial charge < -0.3 is 0 Å². The number of hydrogen-bond acceptors (Lipinski definition) is 1. The lowest BCUT2D eigenvalue weighted by molar-refractivity contribution is 0.838. The minimum Gasteiger partial charge on any atom is -0.241 e. The molecular weight excluding hydrogens is 130 g/mol. The fourth-order valence-electron chi connectivity index (χ4n) is 0.982. The fourth-order valence-corrected chi connectivity index (χ4v) is 2.03. The molecule has 0 spiro atoms. The standard InChI is InChI=1S/C7H14NS/c1-2-5-9-7-3-4-8-6-7/h7H,2-6H2,1H3. The molecule has 1 atom stereocenters. The third-order valence-corrected chi connectivity index (χ3v) is 3.00. The molecule has 1 rings (SSSR count). The van der Waals surface area contributed by atoms with E-state index in [9.17, 15) is 0 Å². The molecule has 0 saturated carbocycles. The van der Waals surface area contributed by atoms with Crippen LogP contribution in [0.3, 0.4) is 0 Å². The van der Waals surface area contributed by atoms with Crippen molar-refractivity contribution in [2.24, 2.45) is 0 Å². The maximum absolute atomic E-state index is 4.30. The molecule has 2 heteroatoms. The monoisotopic (exact) mass is 144 g/mol. The molecule has 0 aliphatic carbocycles. The minimum absolute atomic E-state index is 0.866. The number of nitrogens with zero attached hydrogens (tertiary/aromatic N) is 1. The summed E-state index contributed by atoms with van der Waals surface area (Å²) in [6.07, 6.45) is 2.63. The van der Waals surface area contributed by atoms with Gasteiger partial charge in [0, 0.05) is 18.3 Å². The SMILES string of the molecule is CCCSC1CC[N]C1. The normalized spacial score (nSPS) is 27.0. The van der Waals surface area contributed by atoms with Crippen LogP contribution in [0.5, 0.6) is 0 Å². The number of rotatable bonds is 3. The van der Waals surface area contributed by atoms with Crippen LogP contribution in [-0.2, 0) is 0 Å². The quantitative estimate of drug-likeness (QED) is 0.585. The van der Waals surface area contributed by atoms with E-state index in [1.165, 1.54) is 18.6 Å². The van der Waals surface area contributed by atoms with Crippen molar-refractivity contribution in [3.05, 3.63) is 0 Å². The number of thioether (sulfide) groups is 1. The molecule has 1 saturated heterocycles. The molecule has 1 nitrogen and oxygen atoms in total. The largest absolute Gasteiger partial charge is 0.241 e. The van der Waals surface area contributed by atoms with Gasteiger partial charge in [0.25, 0.3) is 0 Å². The summed E-state index contributed by atoms with van der Waals surface area (Å²) in [5.41, 5.74) is 0. The molecule has 1 heterocycles. The predicted molar refractivity (Wildman–Crippen MR) is 43.0 cm³/mol. The van der Waals surface area contributed by atoms with Gasteiger partial charge in [-0.1, -0.05) is 6.92 Å². The van der Waals surface area contributed by atoms with E-state index in [1.54, 1.807) is 0 Å². The van der Waals surface area contributed by atoms with Gasteiger partial charge in [0.2, 0.25) is 0 Å². The smallest absolute Gasteiger partial charge is 0.0253 e. The third kappa shape index (κ3) is 2.59. The van der Waals surface area contributed by atoms with Gasteiger partial charge in [-0.05, 0) is 18.6 Å². The van der Waals surface area contributed by atoms with Crippen molar-refractivity contribution in [1.29, 1.82) is 0 Å². The Kier molecular flexibility index (Phi) is 3.44. The van der Waals surface area contributed by atoms with Gasteiger partial charge in [-0.15, -0.1) is 0 Å². The zero-order chi connectivity index (χ0) is 6.53. The highest BCUT2D eigenvalue weighted by Gasteiger charge is 2.14. The Morgan fingerprint density at radius 2 is 2.56 bits per heavy atom. The lowest BCUT2D eigenvalue weighted by Gasteiger charge is -2.04. The Balaban J connectivity index is 1.98. The van der Waals surface area contributed by atoms with E-state index in [0.29, 0.717) is 0 Å². The summed E-state index contributed by atoms with van der Waals surface area (Å²) in [6.45, 7) is 4.46. The van der Waals surface area contributed by atoms with E-state index in [4.69, 9.17) is 0 Å². The van der Waals surface area contributed by atoms with E-state index >= 15 is 0 Å². The molecule has 1 radical (unpaired) electrons. The molecular formula is C7H14NS. The van der Waals surface area contributed by atoms with E-state index < -0.39 is 0 Å². The molecule has 1 unspecified atom stereocenters. The van der Waals surface area contributed by atoms with Gasteiger partial charge in [-0.2, -0.15) is 11.8 Å². The van der Waals surface area contributed by atoms with Crippen LogP contribution in [0.4, 0.5) is 0 Å². The number of hydrogen-bond donors (Lipinski definition) is 0. The Morgan fingerprint density at radius 3 is 3.11 bits per heavy atom. The van der Waals surface area contributed by atoms with Crippen molar-refractivity contribution in [3.63, 3.8) is 0 Å². The van der Waals surface area contributed by atoms with Crippen molar-refractivity contribution in [3.8, 4) is 0 Å². The van der Waals surface area contributed by atoms with Crippen LogP contribution in [0.15, 0.2) is 0 Å². The molecule has 1 aliphatic heterocycles. The lowest BCUT2D eigenvalue weighted by Crippen LogP contribution is -2.04. The van der Waals surface area contributed by atoms with Crippen LogP contribution in [0.25, 0.3) is 0 Å². The molecule has 9 heavy (non-hydrogen) atoms. The van der Waals surface area contributed by atoms with E-state index in [0.717, 1.165) is 18.3 Å². The van der Waals surface area contributed by atoms with E-state index in [-0.39, 0.29) is 0 Å². The highest BCUT2D eigenvalue weighted by atomic mass is 32.2. The van der Waals surface area contributed by atoms with E-state index in [2.05, 4.69) is 24.0 Å². The van der Waals surface area contributed by atoms with Gasteiger partial charge in [0.05, 0.1) is 0 Å². The molecule has 0 N–H and O–H groups in total. The maximum atomic E-state index is 4.30. The molecule has 0 aromatic heterocycles. The summed E-state index contributed by atoms with van der Waals surface area (Å²) in [7, 11) is 0. The molecule has 0 bridgehead atoms. The zero-order valence-electron chi connectivity index (χ0n) is 5.97. The van der Waals surface area contributed by atoms with Gasteiger partial charge in [0.15, 0.2) is 0 Å². The molecule has 53 valence electrons. The highest BCUT2D eigenvalue weighted by molar-refractivity contribution is 7.99. The molecule has 0 amide bonds. The first kappa shape index (κ1) is 7.42. The van der Waals surface area contributed by atoms with Gasteiger partial charge >= 0.3 is 0 Å². The van der Waals surface area contributed by atoms with Crippen LogP contribution in [0.2, 0.25) is 0 Å². The van der Waals surface area contributed by atoms with Gasteiger partial charge in [0.1, 0.15) is 0 Å². The van der Waals surface area contributed by atoms with Crippen molar-refractivity contribution in [1.82, 2.24) is 5.32 Å². The first-order valence-corrected chi connectivity index (χ1v) is 4.73. The second-order valence-corrected chi connectivity index (χ2v) is 3.82. The summed E-state index contributed by atoms with van der Waals surface area (Å²) in [5.74, 6) is 1.32. The second-order valence-electron chi connectivity index (χ2n) is 2.41. The van der Waals surface area contributed by atoms with Crippen molar-refractivity contribution in [2.45, 2.75) is 25.0 Å². The Bertz CT molecular complexity index is 69.3. The first-order valence-electron chi connectivity index (χ1n) is 3.68. The summed E-state index contributed by atoms with van der Waals surface area (Å²) in [6, 6.07) is 0. The van der Waals surface area contributed by atoms with Crippen molar-refractivity contribution < 1.29 is 0 Å².